The fourth-order valence-corrected chi connectivity index (χ4v) is 6.43. The first-order valence-electron chi connectivity index (χ1n) is 12.7. The van der Waals surface area contributed by atoms with Crippen LogP contribution in [0.15, 0.2) is 47.4 Å². The molecule has 3 aliphatic rings. The number of piperidine rings is 1. The van der Waals surface area contributed by atoms with Gasteiger partial charge >= 0.3 is 6.18 Å². The molecule has 2 unspecified atom stereocenters. The van der Waals surface area contributed by atoms with Gasteiger partial charge in [0.2, 0.25) is 11.8 Å². The molecular weight excluding hydrogens is 554 g/mol. The number of hydrogen-bond acceptors (Lipinski definition) is 5. The van der Waals surface area contributed by atoms with Crippen molar-refractivity contribution in [2.24, 2.45) is 11.8 Å². The highest BCUT2D eigenvalue weighted by atomic mass is 32.2. The number of carbonyl (C=O) groups excluding carboxylic acids is 3. The van der Waals surface area contributed by atoms with Crippen LogP contribution < -0.4 is 5.32 Å². The van der Waals surface area contributed by atoms with E-state index >= 15 is 4.39 Å². The summed E-state index contributed by atoms with van der Waals surface area (Å²) in [4.78, 5) is 42.1. The van der Waals surface area contributed by atoms with Gasteiger partial charge in [-0.1, -0.05) is 12.1 Å². The number of fused-ring (bicyclic) bond motifs is 1. The zero-order valence-electron chi connectivity index (χ0n) is 21.6. The maximum Gasteiger partial charge on any atom is 0.416 e. The van der Waals surface area contributed by atoms with Crippen molar-refractivity contribution in [3.8, 4) is 0 Å². The normalized spacial score (nSPS) is 25.1. The number of hydrogen-bond donors (Lipinski definition) is 1. The lowest BCUT2D eigenvalue weighted by molar-refractivity contribution is -0.137. The molecule has 5 rings (SSSR count). The highest BCUT2D eigenvalue weighted by Crippen LogP contribution is 2.49. The topological polar surface area (TPSA) is 104 Å². The molecule has 214 valence electrons. The average Bonchev–Trinajstić information content (AvgIpc) is 3.41. The van der Waals surface area contributed by atoms with E-state index in [1.54, 1.807) is 7.05 Å². The van der Waals surface area contributed by atoms with Crippen molar-refractivity contribution in [2.45, 2.75) is 48.5 Å². The van der Waals surface area contributed by atoms with Crippen LogP contribution in [0.5, 0.6) is 0 Å². The van der Waals surface area contributed by atoms with Gasteiger partial charge in [-0.3, -0.25) is 14.4 Å². The van der Waals surface area contributed by atoms with Gasteiger partial charge in [-0.05, 0) is 49.1 Å². The largest absolute Gasteiger partial charge is 0.416 e. The molecule has 0 spiro atoms. The van der Waals surface area contributed by atoms with E-state index < -0.39 is 57.2 Å². The lowest BCUT2D eigenvalue weighted by Crippen LogP contribution is -2.49. The molecule has 3 amide bonds. The van der Waals surface area contributed by atoms with E-state index in [1.807, 2.05) is 0 Å². The van der Waals surface area contributed by atoms with Crippen molar-refractivity contribution < 1.29 is 40.4 Å². The molecule has 2 saturated heterocycles. The number of benzene rings is 2. The molecule has 13 heteroatoms. The first-order chi connectivity index (χ1) is 18.6. The molecule has 2 aromatic rings. The molecule has 40 heavy (non-hydrogen) atoms. The highest BCUT2D eigenvalue weighted by molar-refractivity contribution is 7.90. The number of sulfone groups is 1. The molecule has 2 aromatic carbocycles. The lowest BCUT2D eigenvalue weighted by atomic mass is 9.90. The molecule has 2 heterocycles. The SMILES string of the molecule is CN1CC(C(NC(=O)[C@H]2C[C@H]3C[C@H]3N2C(=O)c2cccc(S(C)(=O)=O)c2)c2ccc(C(F)(F)F)cc2F)CC1=O. The molecule has 0 radical (unpaired) electrons. The Bertz CT molecular complexity index is 1500. The molecule has 5 atom stereocenters. The zero-order chi connectivity index (χ0) is 29.1. The number of likely N-dealkylation sites (tertiary alicyclic amines) is 2. The van der Waals surface area contributed by atoms with Gasteiger partial charge in [-0.15, -0.1) is 0 Å². The van der Waals surface area contributed by atoms with E-state index in [2.05, 4.69) is 5.32 Å². The molecule has 8 nitrogen and oxygen atoms in total. The van der Waals surface area contributed by atoms with E-state index in [4.69, 9.17) is 0 Å². The molecule has 0 bridgehead atoms. The lowest BCUT2D eigenvalue weighted by Gasteiger charge is -2.31. The maximum atomic E-state index is 15.1. The van der Waals surface area contributed by atoms with Crippen LogP contribution >= 0.6 is 0 Å². The summed E-state index contributed by atoms with van der Waals surface area (Å²) in [5.41, 5.74) is -1.26. The summed E-state index contributed by atoms with van der Waals surface area (Å²) in [6.45, 7) is 0.154. The fraction of sp³-hybridized carbons (Fsp3) is 0.444. The van der Waals surface area contributed by atoms with Crippen LogP contribution in [0.3, 0.4) is 0 Å². The maximum absolute atomic E-state index is 15.1. The summed E-state index contributed by atoms with van der Waals surface area (Å²) in [5, 5.41) is 2.74. The van der Waals surface area contributed by atoms with Crippen LogP contribution in [0.2, 0.25) is 0 Å². The number of halogens is 4. The Kier molecular flexibility index (Phi) is 6.92. The highest BCUT2D eigenvalue weighted by Gasteiger charge is 2.56. The van der Waals surface area contributed by atoms with Crippen molar-refractivity contribution >= 4 is 27.6 Å². The van der Waals surface area contributed by atoms with Gasteiger partial charge in [0.25, 0.3) is 5.91 Å². The smallest absolute Gasteiger partial charge is 0.347 e. The first-order valence-corrected chi connectivity index (χ1v) is 14.6. The van der Waals surface area contributed by atoms with Crippen LogP contribution in [0.4, 0.5) is 17.6 Å². The van der Waals surface area contributed by atoms with Crippen molar-refractivity contribution in [1.82, 2.24) is 15.1 Å². The van der Waals surface area contributed by atoms with E-state index in [-0.39, 0.29) is 46.9 Å². The zero-order valence-corrected chi connectivity index (χ0v) is 22.4. The number of amides is 3. The van der Waals surface area contributed by atoms with Gasteiger partial charge < -0.3 is 15.1 Å². The number of nitrogens with zero attached hydrogens (tertiary/aromatic N) is 2. The van der Waals surface area contributed by atoms with E-state index in [1.165, 1.54) is 34.1 Å². The Balaban J connectivity index is 1.43. The van der Waals surface area contributed by atoms with Crippen LogP contribution in [0, 0.1) is 17.7 Å². The first kappa shape index (κ1) is 28.1. The van der Waals surface area contributed by atoms with Gasteiger partial charge in [-0.25, -0.2) is 12.8 Å². The Morgan fingerprint density at radius 2 is 1.82 bits per heavy atom. The Morgan fingerprint density at radius 3 is 2.42 bits per heavy atom. The quantitative estimate of drug-likeness (QED) is 0.528. The van der Waals surface area contributed by atoms with E-state index in [0.717, 1.165) is 18.4 Å². The van der Waals surface area contributed by atoms with Gasteiger partial charge in [-0.2, -0.15) is 13.2 Å². The van der Waals surface area contributed by atoms with Crippen LogP contribution in [0.25, 0.3) is 0 Å². The third-order valence-electron chi connectivity index (χ3n) is 7.95. The molecule has 3 fully saturated rings. The number of carbonyl (C=O) groups is 3. The second-order valence-electron chi connectivity index (χ2n) is 10.8. The van der Waals surface area contributed by atoms with Crippen molar-refractivity contribution in [3.63, 3.8) is 0 Å². The van der Waals surface area contributed by atoms with Crippen molar-refractivity contribution in [3.05, 3.63) is 65.0 Å². The summed E-state index contributed by atoms with van der Waals surface area (Å²) in [6.07, 6.45) is -2.77. The minimum atomic E-state index is -4.76. The number of rotatable bonds is 6. The molecule has 2 aliphatic heterocycles. The number of alkyl halides is 3. The van der Waals surface area contributed by atoms with Crippen molar-refractivity contribution in [1.29, 1.82) is 0 Å². The monoisotopic (exact) mass is 581 g/mol. The Labute approximate surface area is 228 Å². The summed E-state index contributed by atoms with van der Waals surface area (Å²) in [5.74, 6) is -3.10. The van der Waals surface area contributed by atoms with Gasteiger partial charge in [0.05, 0.1) is 16.5 Å². The van der Waals surface area contributed by atoms with E-state index in [0.29, 0.717) is 18.9 Å². The molecule has 1 saturated carbocycles. The number of nitrogens with one attached hydrogen (secondary N) is 1. The minimum Gasteiger partial charge on any atom is -0.347 e. The Morgan fingerprint density at radius 1 is 1.10 bits per heavy atom. The van der Waals surface area contributed by atoms with Crippen LogP contribution in [0.1, 0.15) is 46.8 Å². The van der Waals surface area contributed by atoms with Crippen LogP contribution in [-0.2, 0) is 25.6 Å². The third kappa shape index (κ3) is 5.30. The van der Waals surface area contributed by atoms with Crippen molar-refractivity contribution in [2.75, 3.05) is 19.8 Å². The summed E-state index contributed by atoms with van der Waals surface area (Å²) < 4.78 is 78.5. The third-order valence-corrected chi connectivity index (χ3v) is 9.06. The second kappa shape index (κ2) is 9.86. The standard InChI is InChI=1S/C27H27F4N3O5S/c1-33-13-16(11-23(33)35)24(19-7-6-17(12-20(19)28)27(29,30)31)32-25(36)22-10-15-9-21(15)34(22)26(37)14-4-3-5-18(8-14)40(2,38)39/h3-8,12,15-16,21-22,24H,9-11,13H2,1-2H3,(H,32,36)/t15-,16?,21-,22-,24?/m1/s1. The van der Waals surface area contributed by atoms with E-state index in [9.17, 15) is 36.0 Å². The van der Waals surface area contributed by atoms with Gasteiger partial charge in [0, 0.05) is 49.4 Å². The summed E-state index contributed by atoms with van der Waals surface area (Å²) in [7, 11) is -2.04. The molecular formula is C27H27F4N3O5S. The molecule has 1 N–H and O–H groups in total. The minimum absolute atomic E-state index is 0.0428. The van der Waals surface area contributed by atoms with Gasteiger partial charge in [0.1, 0.15) is 11.9 Å². The summed E-state index contributed by atoms with van der Waals surface area (Å²) in [6, 6.07) is 5.30. The fourth-order valence-electron chi connectivity index (χ4n) is 5.77. The second-order valence-corrected chi connectivity index (χ2v) is 12.8. The van der Waals surface area contributed by atoms with Crippen LogP contribution in [-0.4, -0.2) is 67.9 Å². The summed E-state index contributed by atoms with van der Waals surface area (Å²) >= 11 is 0. The molecule has 1 aliphatic carbocycles. The molecule has 0 aromatic heterocycles. The predicted molar refractivity (Wildman–Crippen MR) is 134 cm³/mol. The Hall–Kier alpha value is -3.48. The average molecular weight is 582 g/mol. The van der Waals surface area contributed by atoms with Gasteiger partial charge in [0.15, 0.2) is 9.84 Å². The predicted octanol–water partition coefficient (Wildman–Crippen LogP) is 3.19.